The normalized spacial score (nSPS) is 16.4. The van der Waals surface area contributed by atoms with Crippen LogP contribution in [-0.2, 0) is 16.0 Å². The summed E-state index contributed by atoms with van der Waals surface area (Å²) in [6.45, 7) is 1.24. The summed E-state index contributed by atoms with van der Waals surface area (Å²) in [4.78, 5) is 11.5. The van der Waals surface area contributed by atoms with Crippen molar-refractivity contribution in [3.05, 3.63) is 41.6 Å². The van der Waals surface area contributed by atoms with Crippen LogP contribution in [-0.4, -0.2) is 30.4 Å². The van der Waals surface area contributed by atoms with E-state index in [9.17, 15) is 10.1 Å². The number of hydrogen-bond acceptors (Lipinski definition) is 6. The quantitative estimate of drug-likeness (QED) is 0.839. The van der Waals surface area contributed by atoms with E-state index in [1.165, 1.54) is 7.11 Å². The minimum Gasteiger partial charge on any atom is -0.465 e. The smallest absolute Gasteiger partial charge is 0.337 e. The summed E-state index contributed by atoms with van der Waals surface area (Å²) in [5.41, 5.74) is 7.26. The minimum absolute atomic E-state index is 0.0444. The van der Waals surface area contributed by atoms with Gasteiger partial charge in [0.05, 0.1) is 31.0 Å². The molecule has 1 aliphatic rings. The number of nitrogen functional groups attached to an aromatic ring is 1. The zero-order valence-electron chi connectivity index (χ0n) is 13.9. The summed E-state index contributed by atoms with van der Waals surface area (Å²) in [5.74, 6) is 0.494. The van der Waals surface area contributed by atoms with Crippen LogP contribution in [0.2, 0.25) is 0 Å². The molecule has 1 aliphatic heterocycles. The zero-order chi connectivity index (χ0) is 17.8. The van der Waals surface area contributed by atoms with E-state index in [-0.39, 0.29) is 6.10 Å². The molecule has 1 aromatic carbocycles. The third kappa shape index (κ3) is 3.59. The van der Waals surface area contributed by atoms with Gasteiger partial charge in [-0.25, -0.2) is 4.79 Å². The third-order valence-electron chi connectivity index (χ3n) is 4.09. The molecule has 7 heteroatoms. The molecule has 0 bridgehead atoms. The molecule has 0 radical (unpaired) electrons. The van der Waals surface area contributed by atoms with E-state index < -0.39 is 5.97 Å². The van der Waals surface area contributed by atoms with Gasteiger partial charge < -0.3 is 19.9 Å². The highest BCUT2D eigenvalue weighted by atomic mass is 16.5. The summed E-state index contributed by atoms with van der Waals surface area (Å²) >= 11 is 0. The lowest BCUT2D eigenvalue weighted by Crippen LogP contribution is -2.16. The van der Waals surface area contributed by atoms with Crippen molar-refractivity contribution in [2.24, 2.45) is 0 Å². The molecule has 3 rings (SSSR count). The lowest BCUT2D eigenvalue weighted by molar-refractivity contribution is 0.0600. The van der Waals surface area contributed by atoms with Crippen LogP contribution < -0.4 is 10.5 Å². The number of ether oxygens (including phenoxy) is 3. The van der Waals surface area contributed by atoms with Crippen LogP contribution in [0.3, 0.4) is 0 Å². The summed E-state index contributed by atoms with van der Waals surface area (Å²) in [7, 11) is 1.33. The van der Waals surface area contributed by atoms with E-state index in [1.807, 2.05) is 0 Å². The van der Waals surface area contributed by atoms with E-state index >= 15 is 0 Å². The second-order valence-electron chi connectivity index (χ2n) is 5.77. The van der Waals surface area contributed by atoms with Crippen LogP contribution in [0, 0.1) is 11.3 Å². The van der Waals surface area contributed by atoms with Gasteiger partial charge in [0.2, 0.25) is 5.88 Å². The fourth-order valence-corrected chi connectivity index (χ4v) is 2.82. The fourth-order valence-electron chi connectivity index (χ4n) is 2.82. The third-order valence-corrected chi connectivity index (χ3v) is 4.09. The molecule has 7 nitrogen and oxygen atoms in total. The first-order chi connectivity index (χ1) is 12.1. The lowest BCUT2D eigenvalue weighted by Gasteiger charge is -2.16. The van der Waals surface area contributed by atoms with Crippen molar-refractivity contribution >= 4 is 11.7 Å². The zero-order valence-corrected chi connectivity index (χ0v) is 13.9. The fraction of sp³-hybridized carbons (Fsp3) is 0.333. The van der Waals surface area contributed by atoms with Gasteiger partial charge in [0, 0.05) is 12.7 Å². The maximum Gasteiger partial charge on any atom is 0.337 e. The topological polar surface area (TPSA) is 99.5 Å². The maximum atomic E-state index is 11.5. The van der Waals surface area contributed by atoms with Gasteiger partial charge in [-0.3, -0.25) is 4.57 Å². The van der Waals surface area contributed by atoms with Gasteiger partial charge in [0.15, 0.2) is 0 Å². The highest BCUT2D eigenvalue weighted by molar-refractivity contribution is 5.89. The van der Waals surface area contributed by atoms with Gasteiger partial charge in [0.25, 0.3) is 0 Å². The van der Waals surface area contributed by atoms with Gasteiger partial charge in [-0.05, 0) is 37.1 Å². The Morgan fingerprint density at radius 2 is 2.20 bits per heavy atom. The first-order valence-corrected chi connectivity index (χ1v) is 7.99. The van der Waals surface area contributed by atoms with Gasteiger partial charge in [-0.2, -0.15) is 5.26 Å². The molecule has 130 valence electrons. The summed E-state index contributed by atoms with van der Waals surface area (Å²) in [6.07, 6.45) is 1.99. The molecule has 1 aromatic heterocycles. The van der Waals surface area contributed by atoms with Gasteiger partial charge >= 0.3 is 5.97 Å². The Morgan fingerprint density at radius 3 is 2.80 bits per heavy atom. The molecule has 0 saturated carbocycles. The van der Waals surface area contributed by atoms with Crippen molar-refractivity contribution in [3.63, 3.8) is 0 Å². The molecule has 2 aromatic rings. The predicted molar refractivity (Wildman–Crippen MR) is 90.4 cm³/mol. The molecule has 1 atom stereocenters. The average Bonchev–Trinajstić information content (AvgIpc) is 3.25. The second-order valence-corrected chi connectivity index (χ2v) is 5.77. The first kappa shape index (κ1) is 16.9. The number of nitrogens with zero attached hydrogens (tertiary/aromatic N) is 2. The number of hydrogen-bond donors (Lipinski definition) is 1. The van der Waals surface area contributed by atoms with E-state index in [2.05, 4.69) is 10.8 Å². The van der Waals surface area contributed by atoms with E-state index in [4.69, 9.17) is 15.2 Å². The number of carbonyl (C=O) groups excluding carboxylic acids is 1. The summed E-state index contributed by atoms with van der Waals surface area (Å²) < 4.78 is 17.9. The van der Waals surface area contributed by atoms with Crippen LogP contribution in [0.25, 0.3) is 0 Å². The van der Waals surface area contributed by atoms with Crippen molar-refractivity contribution in [3.8, 4) is 17.7 Å². The van der Waals surface area contributed by atoms with Crippen LogP contribution >= 0.6 is 0 Å². The number of benzene rings is 1. The minimum atomic E-state index is -0.417. The Bertz CT molecular complexity index is 799. The number of nitrogens with two attached hydrogens (primary N) is 1. The maximum absolute atomic E-state index is 11.5. The van der Waals surface area contributed by atoms with Crippen LogP contribution in [0.5, 0.6) is 11.6 Å². The Morgan fingerprint density at radius 1 is 1.44 bits per heavy atom. The summed E-state index contributed by atoms with van der Waals surface area (Å²) in [5, 5.41) is 9.35. The molecular weight excluding hydrogens is 322 g/mol. The highest BCUT2D eigenvalue weighted by Crippen LogP contribution is 2.32. The monoisotopic (exact) mass is 341 g/mol. The van der Waals surface area contributed by atoms with E-state index in [0.29, 0.717) is 35.1 Å². The van der Waals surface area contributed by atoms with Crippen molar-refractivity contribution < 1.29 is 19.0 Å². The van der Waals surface area contributed by atoms with Crippen molar-refractivity contribution in [2.45, 2.75) is 25.5 Å². The first-order valence-electron chi connectivity index (χ1n) is 7.99. The second kappa shape index (κ2) is 7.28. The van der Waals surface area contributed by atoms with Crippen LogP contribution in [0.4, 0.5) is 5.69 Å². The number of aromatic nitrogens is 1. The Kier molecular flexibility index (Phi) is 4.91. The van der Waals surface area contributed by atoms with Gasteiger partial charge in [-0.1, -0.05) is 0 Å². The average molecular weight is 341 g/mol. The Labute approximate surface area is 145 Å². The number of esters is 1. The molecule has 0 spiro atoms. The molecule has 1 saturated heterocycles. The molecule has 1 fully saturated rings. The number of rotatable bonds is 5. The number of carbonyl (C=O) groups is 1. The van der Waals surface area contributed by atoms with Crippen molar-refractivity contribution in [1.29, 1.82) is 5.26 Å². The Hall–Kier alpha value is -2.98. The van der Waals surface area contributed by atoms with E-state index in [1.54, 1.807) is 34.9 Å². The molecule has 25 heavy (non-hydrogen) atoms. The molecule has 1 unspecified atom stereocenters. The van der Waals surface area contributed by atoms with E-state index in [0.717, 1.165) is 19.4 Å². The molecular formula is C18H19N3O4. The lowest BCUT2D eigenvalue weighted by atomic mass is 10.2. The number of anilines is 1. The van der Waals surface area contributed by atoms with Crippen molar-refractivity contribution in [2.75, 3.05) is 19.5 Å². The number of methoxy groups -OCH3 is 1. The Balaban J connectivity index is 1.85. The van der Waals surface area contributed by atoms with Crippen molar-refractivity contribution in [1.82, 2.24) is 4.57 Å². The molecule has 2 heterocycles. The molecule has 0 amide bonds. The molecule has 2 N–H and O–H groups in total. The summed E-state index contributed by atoms with van der Waals surface area (Å²) in [6, 6.07) is 10.2. The van der Waals surface area contributed by atoms with Gasteiger partial charge in [-0.15, -0.1) is 0 Å². The number of nitriles is 1. The predicted octanol–water partition coefficient (Wildman–Crippen LogP) is 2.70. The standard InChI is InChI=1S/C18H19N3O4/c1-23-18(22)12-4-6-14(7-5-12)25-17-16(20)9-13(10-19)21(17)11-15-3-2-8-24-15/h4-7,9,15H,2-3,8,11,20H2,1H3. The SMILES string of the molecule is COC(=O)c1ccc(Oc2c(N)cc(C#N)n2CC2CCCO2)cc1. The van der Waals surface area contributed by atoms with Gasteiger partial charge in [0.1, 0.15) is 17.5 Å². The largest absolute Gasteiger partial charge is 0.465 e. The van der Waals surface area contributed by atoms with Crippen LogP contribution in [0.15, 0.2) is 30.3 Å². The highest BCUT2D eigenvalue weighted by Gasteiger charge is 2.22. The molecule has 0 aliphatic carbocycles. The van der Waals surface area contributed by atoms with Crippen LogP contribution in [0.1, 0.15) is 28.9 Å².